The van der Waals surface area contributed by atoms with E-state index in [1.54, 1.807) is 4.90 Å². The number of hydrogen-bond donors (Lipinski definition) is 1. The van der Waals surface area contributed by atoms with Crippen LogP contribution in [0.1, 0.15) is 44.9 Å². The van der Waals surface area contributed by atoms with Gasteiger partial charge >= 0.3 is 0 Å². The SMILES string of the molecule is O=C(Nc1cc(F)c(N2CCCC2)c(F)c1)[C@@H]1CC(=O)N(C2CCCC2)C1. The second-order valence-corrected chi connectivity index (χ2v) is 7.86. The molecule has 0 spiro atoms. The van der Waals surface area contributed by atoms with Gasteiger partial charge in [-0.25, -0.2) is 8.78 Å². The van der Waals surface area contributed by atoms with Gasteiger partial charge in [0.25, 0.3) is 0 Å². The number of rotatable bonds is 4. The molecule has 146 valence electrons. The molecule has 1 N–H and O–H groups in total. The highest BCUT2D eigenvalue weighted by Gasteiger charge is 2.38. The van der Waals surface area contributed by atoms with Gasteiger partial charge in [-0.2, -0.15) is 0 Å². The van der Waals surface area contributed by atoms with Crippen molar-refractivity contribution in [2.24, 2.45) is 5.92 Å². The highest BCUT2D eigenvalue weighted by molar-refractivity contribution is 5.97. The van der Waals surface area contributed by atoms with E-state index >= 15 is 0 Å². The van der Waals surface area contributed by atoms with Gasteiger partial charge in [-0.05, 0) is 37.8 Å². The van der Waals surface area contributed by atoms with Crippen LogP contribution in [0.2, 0.25) is 0 Å². The normalized spacial score (nSPS) is 23.5. The van der Waals surface area contributed by atoms with Crippen molar-refractivity contribution < 1.29 is 18.4 Å². The molecule has 3 aliphatic rings. The van der Waals surface area contributed by atoms with Crippen molar-refractivity contribution in [2.45, 2.75) is 51.0 Å². The first-order valence-electron chi connectivity index (χ1n) is 9.87. The molecule has 1 saturated carbocycles. The van der Waals surface area contributed by atoms with E-state index in [4.69, 9.17) is 0 Å². The maximum absolute atomic E-state index is 14.4. The molecule has 4 rings (SSSR count). The van der Waals surface area contributed by atoms with Crippen molar-refractivity contribution in [3.63, 3.8) is 0 Å². The van der Waals surface area contributed by atoms with Crippen molar-refractivity contribution in [1.82, 2.24) is 4.90 Å². The maximum Gasteiger partial charge on any atom is 0.229 e. The molecule has 3 fully saturated rings. The van der Waals surface area contributed by atoms with Crippen molar-refractivity contribution in [1.29, 1.82) is 0 Å². The van der Waals surface area contributed by atoms with Crippen LogP contribution in [0.4, 0.5) is 20.2 Å². The van der Waals surface area contributed by atoms with Gasteiger partial charge in [-0.1, -0.05) is 12.8 Å². The van der Waals surface area contributed by atoms with Crippen LogP contribution in [-0.4, -0.2) is 42.4 Å². The standard InChI is InChI=1S/C20H25F2N3O2/c21-16-10-14(11-17(22)19(16)24-7-3-4-8-24)23-20(27)13-9-18(26)25(12-13)15-5-1-2-6-15/h10-11,13,15H,1-9,12H2,(H,23,27)/t13-/m1/s1. The Labute approximate surface area is 157 Å². The van der Waals surface area contributed by atoms with Gasteiger partial charge in [-0.15, -0.1) is 0 Å². The predicted octanol–water partition coefficient (Wildman–Crippen LogP) is 3.29. The second kappa shape index (κ2) is 7.44. The van der Waals surface area contributed by atoms with Gasteiger partial charge in [0.15, 0.2) is 11.6 Å². The summed E-state index contributed by atoms with van der Waals surface area (Å²) in [5.41, 5.74) is 0.0821. The van der Waals surface area contributed by atoms with Crippen LogP contribution in [0.5, 0.6) is 0 Å². The Kier molecular flexibility index (Phi) is 5.02. The van der Waals surface area contributed by atoms with Gasteiger partial charge in [0, 0.05) is 37.8 Å². The summed E-state index contributed by atoms with van der Waals surface area (Å²) < 4.78 is 28.8. The first kappa shape index (κ1) is 18.2. The first-order chi connectivity index (χ1) is 13.0. The van der Waals surface area contributed by atoms with Gasteiger partial charge in [0.2, 0.25) is 11.8 Å². The molecule has 5 nitrogen and oxygen atoms in total. The van der Waals surface area contributed by atoms with E-state index in [0.29, 0.717) is 19.6 Å². The van der Waals surface area contributed by atoms with Crippen LogP contribution in [0.15, 0.2) is 12.1 Å². The molecule has 27 heavy (non-hydrogen) atoms. The van der Waals surface area contributed by atoms with Crippen LogP contribution in [0.25, 0.3) is 0 Å². The molecule has 1 aliphatic carbocycles. The lowest BCUT2D eigenvalue weighted by Crippen LogP contribution is -2.35. The lowest BCUT2D eigenvalue weighted by Gasteiger charge is -2.24. The minimum Gasteiger partial charge on any atom is -0.367 e. The summed E-state index contributed by atoms with van der Waals surface area (Å²) in [5.74, 6) is -2.15. The minimum atomic E-state index is -0.665. The van der Waals surface area contributed by atoms with Crippen molar-refractivity contribution >= 4 is 23.2 Å². The number of benzene rings is 1. The summed E-state index contributed by atoms with van der Waals surface area (Å²) in [4.78, 5) is 28.3. The molecule has 7 heteroatoms. The van der Waals surface area contributed by atoms with Crippen LogP contribution >= 0.6 is 0 Å². The number of nitrogens with one attached hydrogen (secondary N) is 1. The fraction of sp³-hybridized carbons (Fsp3) is 0.600. The van der Waals surface area contributed by atoms with Gasteiger partial charge in [0.05, 0.1) is 5.92 Å². The van der Waals surface area contributed by atoms with Gasteiger partial charge < -0.3 is 15.1 Å². The summed E-state index contributed by atoms with van der Waals surface area (Å²) in [7, 11) is 0. The number of nitrogens with zero attached hydrogens (tertiary/aromatic N) is 2. The fourth-order valence-electron chi connectivity index (χ4n) is 4.60. The molecule has 0 bridgehead atoms. The number of hydrogen-bond acceptors (Lipinski definition) is 3. The van der Waals surface area contributed by atoms with Gasteiger partial charge in [-0.3, -0.25) is 9.59 Å². The van der Waals surface area contributed by atoms with Crippen molar-refractivity contribution in [3.05, 3.63) is 23.8 Å². The lowest BCUT2D eigenvalue weighted by molar-refractivity contribution is -0.129. The zero-order valence-corrected chi connectivity index (χ0v) is 15.3. The van der Waals surface area contributed by atoms with Crippen molar-refractivity contribution in [3.8, 4) is 0 Å². The summed E-state index contributed by atoms with van der Waals surface area (Å²) in [6.07, 6.45) is 6.23. The topological polar surface area (TPSA) is 52.7 Å². The Balaban J connectivity index is 1.43. The molecule has 2 heterocycles. The van der Waals surface area contributed by atoms with Crippen molar-refractivity contribution in [2.75, 3.05) is 29.9 Å². The molecule has 2 amide bonds. The van der Waals surface area contributed by atoms with E-state index in [1.807, 2.05) is 4.90 Å². The molecular formula is C20H25F2N3O2. The predicted molar refractivity (Wildman–Crippen MR) is 98.5 cm³/mol. The highest BCUT2D eigenvalue weighted by atomic mass is 19.1. The summed E-state index contributed by atoms with van der Waals surface area (Å²) in [5, 5.41) is 2.60. The number of carbonyl (C=O) groups excluding carboxylic acids is 2. The van der Waals surface area contributed by atoms with E-state index in [9.17, 15) is 18.4 Å². The molecule has 0 unspecified atom stereocenters. The van der Waals surface area contributed by atoms with Crippen LogP contribution in [0.3, 0.4) is 0 Å². The largest absolute Gasteiger partial charge is 0.367 e. The fourth-order valence-corrected chi connectivity index (χ4v) is 4.60. The summed E-state index contributed by atoms with van der Waals surface area (Å²) in [6, 6.07) is 2.57. The van der Waals surface area contributed by atoms with Crippen LogP contribution < -0.4 is 10.2 Å². The molecule has 1 aromatic carbocycles. The van der Waals surface area contributed by atoms with E-state index in [-0.39, 0.29) is 35.7 Å². The second-order valence-electron chi connectivity index (χ2n) is 7.86. The Morgan fingerprint density at radius 1 is 1.04 bits per heavy atom. The van der Waals surface area contributed by atoms with E-state index < -0.39 is 17.6 Å². The average Bonchev–Trinajstić information content (AvgIpc) is 3.35. The molecule has 0 radical (unpaired) electrons. The lowest BCUT2D eigenvalue weighted by atomic mass is 10.1. The molecule has 1 aromatic rings. The zero-order chi connectivity index (χ0) is 19.0. The monoisotopic (exact) mass is 377 g/mol. The number of carbonyl (C=O) groups is 2. The molecule has 0 aromatic heterocycles. The van der Waals surface area contributed by atoms with Gasteiger partial charge in [0.1, 0.15) is 5.69 Å². The Bertz CT molecular complexity index is 720. The number of halogens is 2. The zero-order valence-electron chi connectivity index (χ0n) is 15.3. The Morgan fingerprint density at radius 3 is 2.30 bits per heavy atom. The third-order valence-corrected chi connectivity index (χ3v) is 6.00. The van der Waals surface area contributed by atoms with Crippen LogP contribution in [0, 0.1) is 17.6 Å². The third-order valence-electron chi connectivity index (χ3n) is 6.00. The van der Waals surface area contributed by atoms with Crippen LogP contribution in [-0.2, 0) is 9.59 Å². The molecule has 1 atom stereocenters. The Hall–Kier alpha value is -2.18. The summed E-state index contributed by atoms with van der Waals surface area (Å²) in [6.45, 7) is 1.67. The highest BCUT2D eigenvalue weighted by Crippen LogP contribution is 2.32. The smallest absolute Gasteiger partial charge is 0.229 e. The maximum atomic E-state index is 14.4. The minimum absolute atomic E-state index is 0.00351. The molecular weight excluding hydrogens is 352 g/mol. The van der Waals surface area contributed by atoms with E-state index in [0.717, 1.165) is 38.5 Å². The quantitative estimate of drug-likeness (QED) is 0.876. The molecule has 2 saturated heterocycles. The van der Waals surface area contributed by atoms with E-state index in [2.05, 4.69) is 5.32 Å². The first-order valence-corrected chi connectivity index (χ1v) is 9.87. The number of amides is 2. The average molecular weight is 377 g/mol. The Morgan fingerprint density at radius 2 is 1.67 bits per heavy atom. The van der Waals surface area contributed by atoms with E-state index in [1.165, 1.54) is 12.1 Å². The third kappa shape index (κ3) is 3.64. The summed E-state index contributed by atoms with van der Waals surface area (Å²) >= 11 is 0. The molecule has 2 aliphatic heterocycles. The number of likely N-dealkylation sites (tertiary alicyclic amines) is 1. The number of anilines is 2.